The van der Waals surface area contributed by atoms with Gasteiger partial charge in [-0.2, -0.15) is 11.3 Å². The van der Waals surface area contributed by atoms with Crippen LogP contribution < -0.4 is 5.73 Å². The minimum atomic E-state index is -0.356. The third-order valence-corrected chi connectivity index (χ3v) is 5.55. The number of rotatable bonds is 2. The summed E-state index contributed by atoms with van der Waals surface area (Å²) < 4.78 is 5.82. The first-order valence-corrected chi connectivity index (χ1v) is 8.73. The van der Waals surface area contributed by atoms with E-state index in [1.54, 1.807) is 11.3 Å². The molecule has 3 rings (SSSR count). The number of carbonyl (C=O) groups is 1. The quantitative estimate of drug-likeness (QED) is 0.913. The predicted octanol–water partition coefficient (Wildman–Crippen LogP) is 2.56. The van der Waals surface area contributed by atoms with E-state index in [9.17, 15) is 4.79 Å². The molecule has 1 saturated heterocycles. The van der Waals surface area contributed by atoms with Gasteiger partial charge in [0.15, 0.2) is 0 Å². The molecule has 2 aliphatic rings. The molecule has 1 aliphatic carbocycles. The maximum absolute atomic E-state index is 12.9. The summed E-state index contributed by atoms with van der Waals surface area (Å²) in [6.45, 7) is 3.99. The lowest BCUT2D eigenvalue weighted by Gasteiger charge is -2.42. The van der Waals surface area contributed by atoms with Gasteiger partial charge < -0.3 is 15.4 Å². The SMILES string of the molecule is CC1(N)CCCCC1C(=O)N1CCOC(c2ccsc2)C1. The number of amides is 1. The second-order valence-corrected chi connectivity index (χ2v) is 7.28. The number of nitrogens with zero attached hydrogens (tertiary/aromatic N) is 1. The van der Waals surface area contributed by atoms with E-state index in [2.05, 4.69) is 16.8 Å². The number of morpholine rings is 1. The molecule has 2 fully saturated rings. The van der Waals surface area contributed by atoms with Crippen LogP contribution in [0, 0.1) is 5.92 Å². The number of ether oxygens (including phenoxy) is 1. The van der Waals surface area contributed by atoms with Crippen molar-refractivity contribution in [3.05, 3.63) is 22.4 Å². The lowest BCUT2D eigenvalue weighted by molar-refractivity contribution is -0.146. The van der Waals surface area contributed by atoms with E-state index in [1.165, 1.54) is 5.56 Å². The van der Waals surface area contributed by atoms with Crippen molar-refractivity contribution in [2.24, 2.45) is 11.7 Å². The summed E-state index contributed by atoms with van der Waals surface area (Å²) in [7, 11) is 0. The van der Waals surface area contributed by atoms with Gasteiger partial charge in [-0.15, -0.1) is 0 Å². The van der Waals surface area contributed by atoms with Crippen molar-refractivity contribution in [3.63, 3.8) is 0 Å². The van der Waals surface area contributed by atoms with Crippen LogP contribution in [0.5, 0.6) is 0 Å². The smallest absolute Gasteiger partial charge is 0.227 e. The van der Waals surface area contributed by atoms with Crippen molar-refractivity contribution in [1.29, 1.82) is 0 Å². The minimum Gasteiger partial charge on any atom is -0.370 e. The Bertz CT molecular complexity index is 486. The summed E-state index contributed by atoms with van der Waals surface area (Å²) in [5, 5.41) is 4.16. The minimum absolute atomic E-state index is 0.0153. The van der Waals surface area contributed by atoms with Crippen LogP contribution in [-0.2, 0) is 9.53 Å². The third kappa shape index (κ3) is 3.15. The number of thiophene rings is 1. The van der Waals surface area contributed by atoms with Crippen LogP contribution in [0.1, 0.15) is 44.3 Å². The van der Waals surface area contributed by atoms with E-state index in [1.807, 2.05) is 11.8 Å². The molecule has 1 saturated carbocycles. The zero-order valence-corrected chi connectivity index (χ0v) is 13.4. The second kappa shape index (κ2) is 6.07. The average molecular weight is 308 g/mol. The molecule has 1 aromatic rings. The maximum Gasteiger partial charge on any atom is 0.227 e. The van der Waals surface area contributed by atoms with Crippen LogP contribution in [-0.4, -0.2) is 36.0 Å². The van der Waals surface area contributed by atoms with E-state index < -0.39 is 0 Å². The Labute approximate surface area is 130 Å². The van der Waals surface area contributed by atoms with E-state index >= 15 is 0 Å². The van der Waals surface area contributed by atoms with Crippen molar-refractivity contribution in [1.82, 2.24) is 4.90 Å². The molecule has 2 heterocycles. The third-order valence-electron chi connectivity index (χ3n) is 4.85. The van der Waals surface area contributed by atoms with Gasteiger partial charge in [0.25, 0.3) is 0 Å². The molecule has 116 valence electrons. The van der Waals surface area contributed by atoms with Gasteiger partial charge in [0.1, 0.15) is 6.10 Å². The summed E-state index contributed by atoms with van der Waals surface area (Å²) in [5.74, 6) is 0.190. The van der Waals surface area contributed by atoms with Crippen molar-refractivity contribution < 1.29 is 9.53 Å². The van der Waals surface area contributed by atoms with E-state index in [0.29, 0.717) is 19.7 Å². The Balaban J connectivity index is 1.69. The Hall–Kier alpha value is -0.910. The molecule has 1 amide bonds. The number of nitrogens with two attached hydrogens (primary N) is 1. The summed E-state index contributed by atoms with van der Waals surface area (Å²) in [6, 6.07) is 2.08. The van der Waals surface area contributed by atoms with Crippen LogP contribution in [0.15, 0.2) is 16.8 Å². The molecule has 3 atom stereocenters. The van der Waals surface area contributed by atoms with Gasteiger partial charge in [0, 0.05) is 12.1 Å². The molecule has 4 nitrogen and oxygen atoms in total. The molecule has 0 radical (unpaired) electrons. The van der Waals surface area contributed by atoms with Gasteiger partial charge in [-0.1, -0.05) is 12.8 Å². The molecule has 0 aromatic carbocycles. The summed E-state index contributed by atoms with van der Waals surface area (Å²) in [4.78, 5) is 14.8. The lowest BCUT2D eigenvalue weighted by Crippen LogP contribution is -2.55. The molecule has 3 unspecified atom stereocenters. The standard InChI is InChI=1S/C16H24N2O2S/c1-16(17)6-3-2-4-13(16)15(19)18-7-8-20-14(10-18)12-5-9-21-11-12/h5,9,11,13-14H,2-4,6-8,10,17H2,1H3. The van der Waals surface area contributed by atoms with Crippen molar-refractivity contribution >= 4 is 17.2 Å². The number of carbonyl (C=O) groups excluding carboxylic acids is 1. The fourth-order valence-electron chi connectivity index (χ4n) is 3.49. The largest absolute Gasteiger partial charge is 0.370 e. The zero-order chi connectivity index (χ0) is 14.9. The van der Waals surface area contributed by atoms with Crippen molar-refractivity contribution in [2.45, 2.75) is 44.2 Å². The molecule has 5 heteroatoms. The first kappa shape index (κ1) is 15.0. The van der Waals surface area contributed by atoms with E-state index in [0.717, 1.165) is 25.7 Å². The first-order chi connectivity index (χ1) is 10.1. The maximum atomic E-state index is 12.9. The summed E-state index contributed by atoms with van der Waals surface area (Å²) in [6.07, 6.45) is 4.13. The van der Waals surface area contributed by atoms with Gasteiger partial charge in [-0.25, -0.2) is 0 Å². The van der Waals surface area contributed by atoms with Gasteiger partial charge in [-0.05, 0) is 42.2 Å². The predicted molar refractivity (Wildman–Crippen MR) is 84.1 cm³/mol. The fourth-order valence-corrected chi connectivity index (χ4v) is 4.20. The van der Waals surface area contributed by atoms with Gasteiger partial charge in [0.05, 0.1) is 19.1 Å². The Morgan fingerprint density at radius 2 is 2.38 bits per heavy atom. The molecule has 1 aliphatic heterocycles. The monoisotopic (exact) mass is 308 g/mol. The molecule has 1 aromatic heterocycles. The Morgan fingerprint density at radius 1 is 1.52 bits per heavy atom. The highest BCUT2D eigenvalue weighted by Crippen LogP contribution is 2.34. The fraction of sp³-hybridized carbons (Fsp3) is 0.688. The second-order valence-electron chi connectivity index (χ2n) is 6.50. The van der Waals surface area contributed by atoms with E-state index in [4.69, 9.17) is 10.5 Å². The molecule has 2 N–H and O–H groups in total. The van der Waals surface area contributed by atoms with Gasteiger partial charge in [0.2, 0.25) is 5.91 Å². The van der Waals surface area contributed by atoms with Crippen LogP contribution in [0.2, 0.25) is 0 Å². The van der Waals surface area contributed by atoms with Crippen LogP contribution in [0.25, 0.3) is 0 Å². The van der Waals surface area contributed by atoms with Crippen molar-refractivity contribution in [2.75, 3.05) is 19.7 Å². The molecule has 0 spiro atoms. The molecule has 21 heavy (non-hydrogen) atoms. The van der Waals surface area contributed by atoms with Crippen LogP contribution in [0.3, 0.4) is 0 Å². The Kier molecular flexibility index (Phi) is 4.33. The molecule has 0 bridgehead atoms. The first-order valence-electron chi connectivity index (χ1n) is 7.79. The summed E-state index contributed by atoms with van der Waals surface area (Å²) >= 11 is 1.67. The molecular formula is C16H24N2O2S. The lowest BCUT2D eigenvalue weighted by atomic mass is 9.74. The highest BCUT2D eigenvalue weighted by atomic mass is 32.1. The highest BCUT2D eigenvalue weighted by molar-refractivity contribution is 7.07. The molecular weight excluding hydrogens is 284 g/mol. The van der Waals surface area contributed by atoms with Crippen molar-refractivity contribution in [3.8, 4) is 0 Å². The highest BCUT2D eigenvalue weighted by Gasteiger charge is 2.40. The summed E-state index contributed by atoms with van der Waals surface area (Å²) in [5.41, 5.74) is 7.20. The van der Waals surface area contributed by atoms with Crippen LogP contribution >= 0.6 is 11.3 Å². The number of hydrogen-bond acceptors (Lipinski definition) is 4. The van der Waals surface area contributed by atoms with Crippen LogP contribution in [0.4, 0.5) is 0 Å². The van der Waals surface area contributed by atoms with Gasteiger partial charge >= 0.3 is 0 Å². The normalized spacial score (nSPS) is 33.9. The Morgan fingerprint density at radius 3 is 3.10 bits per heavy atom. The average Bonchev–Trinajstić information content (AvgIpc) is 3.00. The van der Waals surface area contributed by atoms with E-state index in [-0.39, 0.29) is 23.5 Å². The topological polar surface area (TPSA) is 55.6 Å². The zero-order valence-electron chi connectivity index (χ0n) is 12.6. The van der Waals surface area contributed by atoms with Gasteiger partial charge in [-0.3, -0.25) is 4.79 Å². The number of hydrogen-bond donors (Lipinski definition) is 1.